The van der Waals surface area contributed by atoms with E-state index in [1.54, 1.807) is 6.26 Å². The molecule has 0 bridgehead atoms. The molecule has 0 amide bonds. The largest absolute Gasteiger partial charge is 0.467 e. The lowest BCUT2D eigenvalue weighted by molar-refractivity contribution is 0.0919. The second kappa shape index (κ2) is 8.29. The van der Waals surface area contributed by atoms with Crippen molar-refractivity contribution in [2.24, 2.45) is 5.92 Å². The standard InChI is InChI=1S/C14H26N2O2/c1-12(2)9-15-10-13-5-7-18-14(13)11-17-8-6-16(3)4/h5,7,12,15H,6,8-11H2,1-4H3. The van der Waals surface area contributed by atoms with E-state index in [9.17, 15) is 0 Å². The van der Waals surface area contributed by atoms with Gasteiger partial charge in [0.15, 0.2) is 0 Å². The molecule has 0 unspecified atom stereocenters. The van der Waals surface area contributed by atoms with Crippen LogP contribution in [0.15, 0.2) is 16.7 Å². The maximum atomic E-state index is 5.59. The Morgan fingerprint density at radius 2 is 2.17 bits per heavy atom. The summed E-state index contributed by atoms with van der Waals surface area (Å²) in [6.45, 7) is 8.49. The monoisotopic (exact) mass is 254 g/mol. The zero-order valence-electron chi connectivity index (χ0n) is 12.0. The molecule has 0 fully saturated rings. The highest BCUT2D eigenvalue weighted by Gasteiger charge is 2.06. The van der Waals surface area contributed by atoms with Crippen molar-refractivity contribution in [1.82, 2.24) is 10.2 Å². The average Bonchev–Trinajstić information content (AvgIpc) is 2.71. The summed E-state index contributed by atoms with van der Waals surface area (Å²) in [5.74, 6) is 1.60. The Morgan fingerprint density at radius 1 is 1.39 bits per heavy atom. The fourth-order valence-electron chi connectivity index (χ4n) is 1.56. The Kier molecular flexibility index (Phi) is 7.01. The van der Waals surface area contributed by atoms with Crippen molar-refractivity contribution in [3.63, 3.8) is 0 Å². The maximum absolute atomic E-state index is 5.59. The molecule has 0 aliphatic heterocycles. The summed E-state index contributed by atoms with van der Waals surface area (Å²) >= 11 is 0. The van der Waals surface area contributed by atoms with Crippen molar-refractivity contribution in [2.45, 2.75) is 27.0 Å². The zero-order chi connectivity index (χ0) is 13.4. The van der Waals surface area contributed by atoms with Crippen LogP contribution in [0.3, 0.4) is 0 Å². The van der Waals surface area contributed by atoms with Crippen LogP contribution in [0.1, 0.15) is 25.2 Å². The minimum atomic E-state index is 0.555. The summed E-state index contributed by atoms with van der Waals surface area (Å²) in [5, 5.41) is 3.41. The van der Waals surface area contributed by atoms with Gasteiger partial charge in [0.05, 0.1) is 12.9 Å². The van der Waals surface area contributed by atoms with Gasteiger partial charge in [-0.2, -0.15) is 0 Å². The molecule has 0 aromatic carbocycles. The number of nitrogens with one attached hydrogen (secondary N) is 1. The predicted octanol–water partition coefficient (Wildman–Crippen LogP) is 2.10. The highest BCUT2D eigenvalue weighted by molar-refractivity contribution is 5.16. The van der Waals surface area contributed by atoms with Gasteiger partial charge in [-0.25, -0.2) is 0 Å². The second-order valence-electron chi connectivity index (χ2n) is 5.25. The van der Waals surface area contributed by atoms with Crippen LogP contribution in [0.2, 0.25) is 0 Å². The molecule has 18 heavy (non-hydrogen) atoms. The molecule has 1 N–H and O–H groups in total. The molecule has 0 saturated carbocycles. The van der Waals surface area contributed by atoms with E-state index >= 15 is 0 Å². The molecule has 4 nitrogen and oxygen atoms in total. The van der Waals surface area contributed by atoms with Gasteiger partial charge in [-0.05, 0) is 32.6 Å². The van der Waals surface area contributed by atoms with E-state index in [-0.39, 0.29) is 0 Å². The van der Waals surface area contributed by atoms with Crippen molar-refractivity contribution in [3.8, 4) is 0 Å². The zero-order valence-corrected chi connectivity index (χ0v) is 12.0. The molecule has 4 heteroatoms. The number of likely N-dealkylation sites (N-methyl/N-ethyl adjacent to an activating group) is 1. The minimum Gasteiger partial charge on any atom is -0.467 e. The predicted molar refractivity (Wildman–Crippen MR) is 73.5 cm³/mol. The minimum absolute atomic E-state index is 0.555. The molecule has 0 saturated heterocycles. The summed E-state index contributed by atoms with van der Waals surface area (Å²) in [6.07, 6.45) is 1.73. The van der Waals surface area contributed by atoms with Crippen LogP contribution < -0.4 is 5.32 Å². The third-order valence-electron chi connectivity index (χ3n) is 2.62. The first-order chi connectivity index (χ1) is 8.59. The average molecular weight is 254 g/mol. The van der Waals surface area contributed by atoms with Gasteiger partial charge in [0.25, 0.3) is 0 Å². The molecule has 0 spiro atoms. The highest BCUT2D eigenvalue weighted by Crippen LogP contribution is 2.11. The van der Waals surface area contributed by atoms with Crippen molar-refractivity contribution in [1.29, 1.82) is 0 Å². The molecular formula is C14H26N2O2. The van der Waals surface area contributed by atoms with E-state index in [2.05, 4.69) is 24.1 Å². The van der Waals surface area contributed by atoms with Gasteiger partial charge in [0.1, 0.15) is 12.4 Å². The number of hydrogen-bond acceptors (Lipinski definition) is 4. The quantitative estimate of drug-likeness (QED) is 0.685. The first-order valence-electron chi connectivity index (χ1n) is 6.58. The number of furan rings is 1. The summed E-state index contributed by atoms with van der Waals surface area (Å²) in [4.78, 5) is 2.10. The Labute approximate surface area is 110 Å². The van der Waals surface area contributed by atoms with Crippen LogP contribution in [-0.2, 0) is 17.9 Å². The lowest BCUT2D eigenvalue weighted by Gasteiger charge is -2.10. The van der Waals surface area contributed by atoms with Gasteiger partial charge in [-0.1, -0.05) is 13.8 Å². The molecule has 1 aromatic rings. The number of ether oxygens (including phenoxy) is 1. The van der Waals surface area contributed by atoms with E-state index < -0.39 is 0 Å². The number of rotatable bonds is 9. The van der Waals surface area contributed by atoms with E-state index in [0.29, 0.717) is 12.5 Å². The van der Waals surface area contributed by atoms with Gasteiger partial charge in [-0.3, -0.25) is 0 Å². The molecular weight excluding hydrogens is 228 g/mol. The summed E-state index contributed by atoms with van der Waals surface area (Å²) in [5.41, 5.74) is 1.19. The lowest BCUT2D eigenvalue weighted by atomic mass is 10.2. The Morgan fingerprint density at radius 3 is 2.83 bits per heavy atom. The number of nitrogens with zero attached hydrogens (tertiary/aromatic N) is 1. The van der Waals surface area contributed by atoms with Gasteiger partial charge >= 0.3 is 0 Å². The van der Waals surface area contributed by atoms with Crippen molar-refractivity contribution >= 4 is 0 Å². The Bertz CT molecular complexity index is 321. The third kappa shape index (κ3) is 6.19. The normalized spacial score (nSPS) is 11.7. The van der Waals surface area contributed by atoms with Crippen molar-refractivity contribution < 1.29 is 9.15 Å². The number of hydrogen-bond donors (Lipinski definition) is 1. The summed E-state index contributed by atoms with van der Waals surface area (Å²) < 4.78 is 11.0. The summed E-state index contributed by atoms with van der Waals surface area (Å²) in [7, 11) is 4.08. The van der Waals surface area contributed by atoms with Crippen molar-refractivity contribution in [3.05, 3.63) is 23.7 Å². The van der Waals surface area contributed by atoms with Gasteiger partial charge in [0.2, 0.25) is 0 Å². The molecule has 104 valence electrons. The Hall–Kier alpha value is -0.840. The van der Waals surface area contributed by atoms with Crippen LogP contribution in [0.5, 0.6) is 0 Å². The first-order valence-corrected chi connectivity index (χ1v) is 6.58. The fourth-order valence-corrected chi connectivity index (χ4v) is 1.56. The van der Waals surface area contributed by atoms with Crippen LogP contribution in [0.25, 0.3) is 0 Å². The van der Waals surface area contributed by atoms with Gasteiger partial charge in [-0.15, -0.1) is 0 Å². The second-order valence-corrected chi connectivity index (χ2v) is 5.25. The highest BCUT2D eigenvalue weighted by atomic mass is 16.5. The first kappa shape index (κ1) is 15.2. The molecule has 0 aliphatic carbocycles. The van der Waals surface area contributed by atoms with E-state index in [0.717, 1.165) is 32.0 Å². The van der Waals surface area contributed by atoms with E-state index in [1.807, 2.05) is 20.2 Å². The molecule has 0 atom stereocenters. The maximum Gasteiger partial charge on any atom is 0.133 e. The lowest BCUT2D eigenvalue weighted by Crippen LogP contribution is -2.20. The SMILES string of the molecule is CC(C)CNCc1ccoc1COCCN(C)C. The molecule has 0 aliphatic rings. The van der Waals surface area contributed by atoms with Crippen LogP contribution in [0.4, 0.5) is 0 Å². The summed E-state index contributed by atoms with van der Waals surface area (Å²) in [6, 6.07) is 2.01. The van der Waals surface area contributed by atoms with Gasteiger partial charge < -0.3 is 19.4 Å². The van der Waals surface area contributed by atoms with Crippen LogP contribution in [-0.4, -0.2) is 38.7 Å². The molecule has 1 aromatic heterocycles. The van der Waals surface area contributed by atoms with Crippen LogP contribution in [0, 0.1) is 5.92 Å². The molecule has 1 heterocycles. The Balaban J connectivity index is 2.26. The van der Waals surface area contributed by atoms with Gasteiger partial charge in [0, 0.05) is 18.7 Å². The van der Waals surface area contributed by atoms with Crippen LogP contribution >= 0.6 is 0 Å². The van der Waals surface area contributed by atoms with E-state index in [4.69, 9.17) is 9.15 Å². The van der Waals surface area contributed by atoms with Crippen molar-refractivity contribution in [2.75, 3.05) is 33.8 Å². The smallest absolute Gasteiger partial charge is 0.133 e. The molecule has 0 radical (unpaired) electrons. The molecule has 1 rings (SSSR count). The topological polar surface area (TPSA) is 37.6 Å². The third-order valence-corrected chi connectivity index (χ3v) is 2.62. The van der Waals surface area contributed by atoms with E-state index in [1.165, 1.54) is 5.56 Å². The fraction of sp³-hybridized carbons (Fsp3) is 0.714.